The van der Waals surface area contributed by atoms with Crippen LogP contribution in [0.3, 0.4) is 0 Å². The first-order valence-electron chi connectivity index (χ1n) is 5.48. The zero-order chi connectivity index (χ0) is 12.8. The first kappa shape index (κ1) is 12.5. The molecule has 2 aromatic heterocycles. The summed E-state index contributed by atoms with van der Waals surface area (Å²) in [4.78, 5) is 4.01. The first-order chi connectivity index (χ1) is 8.81. The fourth-order valence-corrected chi connectivity index (χ4v) is 1.40. The van der Waals surface area contributed by atoms with Crippen molar-refractivity contribution in [3.8, 4) is 11.3 Å². The van der Waals surface area contributed by atoms with Gasteiger partial charge in [-0.1, -0.05) is 5.21 Å². The van der Waals surface area contributed by atoms with Gasteiger partial charge in [0.05, 0.1) is 19.4 Å². The van der Waals surface area contributed by atoms with Crippen LogP contribution in [0.5, 0.6) is 0 Å². The highest BCUT2D eigenvalue weighted by molar-refractivity contribution is 5.71. The molecule has 2 rings (SSSR count). The zero-order valence-electron chi connectivity index (χ0n) is 10.1. The van der Waals surface area contributed by atoms with E-state index in [-0.39, 0.29) is 0 Å². The number of pyridine rings is 1. The summed E-state index contributed by atoms with van der Waals surface area (Å²) in [5.74, 6) is 0. The fraction of sp³-hybridized carbons (Fsp3) is 0.364. The smallest absolute Gasteiger partial charge is 0.141 e. The van der Waals surface area contributed by atoms with E-state index in [1.807, 2.05) is 0 Å². The Morgan fingerprint density at radius 1 is 1.39 bits per heavy atom. The molecule has 0 radical (unpaired) electrons. The Labute approximate surface area is 105 Å². The van der Waals surface area contributed by atoms with Crippen molar-refractivity contribution in [2.45, 2.75) is 6.73 Å². The van der Waals surface area contributed by atoms with Gasteiger partial charge >= 0.3 is 0 Å². The van der Waals surface area contributed by atoms with E-state index < -0.39 is 0 Å². The molecule has 2 heterocycles. The van der Waals surface area contributed by atoms with Crippen molar-refractivity contribution in [1.82, 2.24) is 20.0 Å². The standard InChI is InChI=1S/C11H15N5O2/c1-17-4-5-18-8-16-7-11(14-15-16)9-6-13-3-2-10(9)12/h2-3,6-7H,4-5,8H2,1H3,(H2,12,13). The molecule has 0 fully saturated rings. The van der Waals surface area contributed by atoms with Crippen LogP contribution in [0.2, 0.25) is 0 Å². The average Bonchev–Trinajstić information content (AvgIpc) is 2.84. The number of nitrogen functional groups attached to an aromatic ring is 1. The molecule has 0 aliphatic carbocycles. The highest BCUT2D eigenvalue weighted by Crippen LogP contribution is 2.21. The number of aromatic nitrogens is 4. The lowest BCUT2D eigenvalue weighted by Crippen LogP contribution is -2.07. The third-order valence-electron chi connectivity index (χ3n) is 2.32. The SMILES string of the molecule is COCCOCn1cc(-c2cnccc2N)nn1. The van der Waals surface area contributed by atoms with Crippen LogP contribution in [-0.4, -0.2) is 40.3 Å². The maximum absolute atomic E-state index is 5.84. The lowest BCUT2D eigenvalue weighted by molar-refractivity contribution is 0.0281. The summed E-state index contributed by atoms with van der Waals surface area (Å²) in [6.07, 6.45) is 5.06. The number of methoxy groups -OCH3 is 1. The normalized spacial score (nSPS) is 10.7. The molecule has 0 atom stereocenters. The Hall–Kier alpha value is -1.99. The van der Waals surface area contributed by atoms with E-state index in [2.05, 4.69) is 15.3 Å². The van der Waals surface area contributed by atoms with Crippen molar-refractivity contribution in [3.05, 3.63) is 24.7 Å². The van der Waals surface area contributed by atoms with Crippen LogP contribution in [0.25, 0.3) is 11.3 Å². The molecule has 7 heteroatoms. The van der Waals surface area contributed by atoms with E-state index in [0.717, 1.165) is 5.56 Å². The molecule has 0 saturated heterocycles. The predicted molar refractivity (Wildman–Crippen MR) is 65.5 cm³/mol. The van der Waals surface area contributed by atoms with Gasteiger partial charge in [-0.15, -0.1) is 5.10 Å². The average molecular weight is 249 g/mol. The summed E-state index contributed by atoms with van der Waals surface area (Å²) in [7, 11) is 1.63. The number of hydrogen-bond donors (Lipinski definition) is 1. The van der Waals surface area contributed by atoms with Crippen molar-refractivity contribution in [3.63, 3.8) is 0 Å². The maximum atomic E-state index is 5.84. The molecule has 2 aromatic rings. The molecule has 0 unspecified atom stereocenters. The molecule has 0 aromatic carbocycles. The third kappa shape index (κ3) is 3.02. The molecular formula is C11H15N5O2. The lowest BCUT2D eigenvalue weighted by Gasteiger charge is -2.02. The van der Waals surface area contributed by atoms with E-state index >= 15 is 0 Å². The molecule has 7 nitrogen and oxygen atoms in total. The first-order valence-corrected chi connectivity index (χ1v) is 5.48. The van der Waals surface area contributed by atoms with Gasteiger partial charge in [0.2, 0.25) is 0 Å². The minimum Gasteiger partial charge on any atom is -0.398 e. The molecule has 0 bridgehead atoms. The topological polar surface area (TPSA) is 88.1 Å². The van der Waals surface area contributed by atoms with Crippen LogP contribution in [0.15, 0.2) is 24.7 Å². The van der Waals surface area contributed by atoms with Crippen LogP contribution in [-0.2, 0) is 16.2 Å². The fourth-order valence-electron chi connectivity index (χ4n) is 1.40. The second-order valence-electron chi connectivity index (χ2n) is 3.64. The quantitative estimate of drug-likeness (QED) is 0.752. The molecule has 18 heavy (non-hydrogen) atoms. The predicted octanol–water partition coefficient (Wildman–Crippen LogP) is 0.543. The second-order valence-corrected chi connectivity index (χ2v) is 3.64. The molecule has 0 spiro atoms. The molecular weight excluding hydrogens is 234 g/mol. The van der Waals surface area contributed by atoms with Gasteiger partial charge in [-0.3, -0.25) is 4.98 Å². The monoisotopic (exact) mass is 249 g/mol. The van der Waals surface area contributed by atoms with E-state index in [1.54, 1.807) is 36.4 Å². The third-order valence-corrected chi connectivity index (χ3v) is 2.32. The Bertz CT molecular complexity index is 500. The van der Waals surface area contributed by atoms with E-state index in [0.29, 0.717) is 31.3 Å². The van der Waals surface area contributed by atoms with E-state index in [4.69, 9.17) is 15.2 Å². The minimum atomic E-state index is 0.330. The Morgan fingerprint density at radius 3 is 3.06 bits per heavy atom. The summed E-state index contributed by atoms with van der Waals surface area (Å²) in [6, 6.07) is 1.73. The van der Waals surface area contributed by atoms with Crippen LogP contribution >= 0.6 is 0 Å². The van der Waals surface area contributed by atoms with Gasteiger partial charge in [-0.2, -0.15) is 0 Å². The van der Waals surface area contributed by atoms with Gasteiger partial charge in [-0.25, -0.2) is 4.68 Å². The van der Waals surface area contributed by atoms with Crippen LogP contribution < -0.4 is 5.73 Å². The van der Waals surface area contributed by atoms with Gasteiger partial charge < -0.3 is 15.2 Å². The number of hydrogen-bond acceptors (Lipinski definition) is 6. The number of nitrogens with zero attached hydrogens (tertiary/aromatic N) is 4. The largest absolute Gasteiger partial charge is 0.398 e. The van der Waals surface area contributed by atoms with Crippen molar-refractivity contribution in [2.75, 3.05) is 26.1 Å². The highest BCUT2D eigenvalue weighted by atomic mass is 16.5. The summed E-state index contributed by atoms with van der Waals surface area (Å²) in [5, 5.41) is 7.98. The van der Waals surface area contributed by atoms with Gasteiger partial charge in [0.25, 0.3) is 0 Å². The number of rotatable bonds is 6. The molecule has 0 aliphatic heterocycles. The summed E-state index contributed by atoms with van der Waals surface area (Å²) >= 11 is 0. The van der Waals surface area contributed by atoms with Crippen LogP contribution in [0, 0.1) is 0 Å². The van der Waals surface area contributed by atoms with Crippen molar-refractivity contribution in [1.29, 1.82) is 0 Å². The van der Waals surface area contributed by atoms with Gasteiger partial charge in [0, 0.05) is 30.8 Å². The lowest BCUT2D eigenvalue weighted by atomic mass is 10.2. The minimum absolute atomic E-state index is 0.330. The Kier molecular flexibility index (Phi) is 4.21. The van der Waals surface area contributed by atoms with Gasteiger partial charge in [0.1, 0.15) is 12.4 Å². The maximum Gasteiger partial charge on any atom is 0.141 e. The van der Waals surface area contributed by atoms with E-state index in [1.165, 1.54) is 0 Å². The summed E-state index contributed by atoms with van der Waals surface area (Å²) < 4.78 is 11.8. The van der Waals surface area contributed by atoms with Gasteiger partial charge in [-0.05, 0) is 6.07 Å². The van der Waals surface area contributed by atoms with E-state index in [9.17, 15) is 0 Å². The summed E-state index contributed by atoms with van der Waals surface area (Å²) in [5.41, 5.74) is 7.90. The molecule has 0 saturated carbocycles. The number of nitrogens with two attached hydrogens (primary N) is 1. The zero-order valence-corrected chi connectivity index (χ0v) is 10.1. The Balaban J connectivity index is 2.00. The molecule has 96 valence electrons. The van der Waals surface area contributed by atoms with Crippen molar-refractivity contribution < 1.29 is 9.47 Å². The number of ether oxygens (including phenoxy) is 2. The van der Waals surface area contributed by atoms with Gasteiger partial charge in [0.15, 0.2) is 0 Å². The van der Waals surface area contributed by atoms with Crippen LogP contribution in [0.1, 0.15) is 0 Å². The summed E-state index contributed by atoms with van der Waals surface area (Å²) in [6.45, 7) is 1.40. The second kappa shape index (κ2) is 6.08. The van der Waals surface area contributed by atoms with Crippen molar-refractivity contribution in [2.24, 2.45) is 0 Å². The Morgan fingerprint density at radius 2 is 2.28 bits per heavy atom. The van der Waals surface area contributed by atoms with Crippen LogP contribution in [0.4, 0.5) is 5.69 Å². The number of anilines is 1. The molecule has 0 amide bonds. The molecule has 0 aliphatic rings. The highest BCUT2D eigenvalue weighted by Gasteiger charge is 2.07. The molecule has 2 N–H and O–H groups in total. The van der Waals surface area contributed by atoms with Crippen molar-refractivity contribution >= 4 is 5.69 Å².